The fourth-order valence-electron chi connectivity index (χ4n) is 2.91. The smallest absolute Gasteiger partial charge is 0.306 e. The maximum atomic E-state index is 11.4. The Labute approximate surface area is 141 Å². The molecule has 2 rings (SSSR count). The number of piperidine rings is 1. The second kappa shape index (κ2) is 9.28. The van der Waals surface area contributed by atoms with Crippen LogP contribution in [0.3, 0.4) is 0 Å². The zero-order chi connectivity index (χ0) is 15.8. The minimum absolute atomic E-state index is 0.135. The minimum Gasteiger partial charge on any atom is -0.469 e. The fourth-order valence-corrected chi connectivity index (χ4v) is 3.36. The van der Waals surface area contributed by atoms with Gasteiger partial charge >= 0.3 is 5.97 Å². The van der Waals surface area contributed by atoms with Gasteiger partial charge in [-0.2, -0.15) is 0 Å². The summed E-state index contributed by atoms with van der Waals surface area (Å²) < 4.78 is 5.87. The molecule has 5 heteroatoms. The van der Waals surface area contributed by atoms with E-state index in [-0.39, 0.29) is 5.97 Å². The number of hydrogen-bond acceptors (Lipinski definition) is 4. The molecule has 0 aliphatic carbocycles. The Kier molecular flexibility index (Phi) is 7.36. The average Bonchev–Trinajstić information content (AvgIpc) is 2.53. The van der Waals surface area contributed by atoms with Crippen LogP contribution in [0.1, 0.15) is 24.8 Å². The first-order valence-electron chi connectivity index (χ1n) is 7.91. The lowest BCUT2D eigenvalue weighted by molar-refractivity contribution is -0.141. The fraction of sp³-hybridized carbons (Fsp3) is 0.588. The standard InChI is InChI=1S/C17H25BrN2O2/c1-22-17(21)7-10-20(12-14-5-8-19-9-6-14)13-15-3-2-4-16(18)11-15/h2-4,11,14,19H,5-10,12-13H2,1H3. The molecule has 4 nitrogen and oxygen atoms in total. The monoisotopic (exact) mass is 368 g/mol. The van der Waals surface area contributed by atoms with E-state index in [1.165, 1.54) is 25.5 Å². The maximum Gasteiger partial charge on any atom is 0.306 e. The molecule has 122 valence electrons. The number of esters is 1. The average molecular weight is 369 g/mol. The van der Waals surface area contributed by atoms with Crippen LogP contribution in [0.5, 0.6) is 0 Å². The number of nitrogens with zero attached hydrogens (tertiary/aromatic N) is 1. The van der Waals surface area contributed by atoms with Gasteiger partial charge in [0, 0.05) is 24.1 Å². The summed E-state index contributed by atoms with van der Waals surface area (Å²) in [5, 5.41) is 3.41. The Balaban J connectivity index is 1.94. The van der Waals surface area contributed by atoms with Crippen molar-refractivity contribution in [3.05, 3.63) is 34.3 Å². The summed E-state index contributed by atoms with van der Waals surface area (Å²) in [6.07, 6.45) is 2.88. The van der Waals surface area contributed by atoms with Crippen LogP contribution >= 0.6 is 15.9 Å². The highest BCUT2D eigenvalue weighted by Gasteiger charge is 2.18. The van der Waals surface area contributed by atoms with Gasteiger partial charge in [-0.25, -0.2) is 0 Å². The molecule has 0 radical (unpaired) electrons. The third-order valence-electron chi connectivity index (χ3n) is 4.13. The number of ether oxygens (including phenoxy) is 1. The van der Waals surface area contributed by atoms with Crippen molar-refractivity contribution < 1.29 is 9.53 Å². The van der Waals surface area contributed by atoms with Crippen molar-refractivity contribution >= 4 is 21.9 Å². The van der Waals surface area contributed by atoms with E-state index in [9.17, 15) is 4.79 Å². The first-order valence-corrected chi connectivity index (χ1v) is 8.71. The number of halogens is 1. The zero-order valence-corrected chi connectivity index (χ0v) is 14.8. The van der Waals surface area contributed by atoms with Gasteiger partial charge in [0.05, 0.1) is 13.5 Å². The first-order chi connectivity index (χ1) is 10.7. The van der Waals surface area contributed by atoms with E-state index in [0.29, 0.717) is 12.3 Å². The van der Waals surface area contributed by atoms with E-state index >= 15 is 0 Å². The second-order valence-corrected chi connectivity index (χ2v) is 6.80. The summed E-state index contributed by atoms with van der Waals surface area (Å²) in [6, 6.07) is 8.38. The Morgan fingerprint density at radius 3 is 2.86 bits per heavy atom. The van der Waals surface area contributed by atoms with E-state index < -0.39 is 0 Å². The molecule has 0 amide bonds. The van der Waals surface area contributed by atoms with Gasteiger partial charge in [-0.15, -0.1) is 0 Å². The van der Waals surface area contributed by atoms with Crippen molar-refractivity contribution in [2.75, 3.05) is 33.3 Å². The van der Waals surface area contributed by atoms with Crippen LogP contribution in [-0.4, -0.2) is 44.2 Å². The Morgan fingerprint density at radius 2 is 2.18 bits per heavy atom. The lowest BCUT2D eigenvalue weighted by Crippen LogP contribution is -2.37. The highest BCUT2D eigenvalue weighted by molar-refractivity contribution is 9.10. The molecule has 1 fully saturated rings. The zero-order valence-electron chi connectivity index (χ0n) is 13.2. The molecule has 1 N–H and O–H groups in total. The van der Waals surface area contributed by atoms with Crippen molar-refractivity contribution in [1.29, 1.82) is 0 Å². The molecular weight excluding hydrogens is 344 g/mol. The molecular formula is C17H25BrN2O2. The number of hydrogen-bond donors (Lipinski definition) is 1. The van der Waals surface area contributed by atoms with Crippen molar-refractivity contribution in [3.63, 3.8) is 0 Å². The van der Waals surface area contributed by atoms with Crippen LogP contribution in [0.4, 0.5) is 0 Å². The molecule has 1 heterocycles. The van der Waals surface area contributed by atoms with Gasteiger partial charge in [-0.3, -0.25) is 9.69 Å². The number of benzene rings is 1. The molecule has 0 unspecified atom stereocenters. The molecule has 1 aliphatic heterocycles. The Bertz CT molecular complexity index is 475. The van der Waals surface area contributed by atoms with E-state index in [2.05, 4.69) is 44.3 Å². The van der Waals surface area contributed by atoms with E-state index in [1.807, 2.05) is 6.07 Å². The Hall–Kier alpha value is -0.910. The Morgan fingerprint density at radius 1 is 1.41 bits per heavy atom. The van der Waals surface area contributed by atoms with Crippen LogP contribution in [0, 0.1) is 5.92 Å². The summed E-state index contributed by atoms with van der Waals surface area (Å²) in [5.41, 5.74) is 1.27. The summed E-state index contributed by atoms with van der Waals surface area (Å²) in [6.45, 7) is 4.88. The van der Waals surface area contributed by atoms with Crippen LogP contribution in [0.25, 0.3) is 0 Å². The predicted molar refractivity (Wildman–Crippen MR) is 91.6 cm³/mol. The second-order valence-electron chi connectivity index (χ2n) is 5.88. The lowest BCUT2D eigenvalue weighted by atomic mass is 9.97. The molecule has 1 saturated heterocycles. The van der Waals surface area contributed by atoms with Crippen molar-refractivity contribution in [1.82, 2.24) is 10.2 Å². The van der Waals surface area contributed by atoms with Crippen molar-refractivity contribution in [2.24, 2.45) is 5.92 Å². The number of rotatable bonds is 7. The van der Waals surface area contributed by atoms with E-state index in [0.717, 1.165) is 37.2 Å². The third-order valence-corrected chi connectivity index (χ3v) is 4.62. The van der Waals surface area contributed by atoms with Crippen LogP contribution in [-0.2, 0) is 16.1 Å². The van der Waals surface area contributed by atoms with Gasteiger partial charge in [-0.05, 0) is 49.5 Å². The number of carbonyl (C=O) groups excluding carboxylic acids is 1. The number of methoxy groups -OCH3 is 1. The number of nitrogens with one attached hydrogen (secondary N) is 1. The highest BCUT2D eigenvalue weighted by atomic mass is 79.9. The summed E-state index contributed by atoms with van der Waals surface area (Å²) in [5.74, 6) is 0.579. The molecule has 1 aromatic carbocycles. The molecule has 0 saturated carbocycles. The van der Waals surface area contributed by atoms with Gasteiger partial charge in [0.2, 0.25) is 0 Å². The maximum absolute atomic E-state index is 11.4. The predicted octanol–water partition coefficient (Wildman–Crippen LogP) is 2.81. The van der Waals surface area contributed by atoms with Gasteiger partial charge < -0.3 is 10.1 Å². The largest absolute Gasteiger partial charge is 0.469 e. The molecule has 22 heavy (non-hydrogen) atoms. The van der Waals surface area contributed by atoms with Gasteiger partial charge in [0.1, 0.15) is 0 Å². The molecule has 1 aliphatic rings. The molecule has 0 bridgehead atoms. The van der Waals surface area contributed by atoms with Crippen LogP contribution in [0.15, 0.2) is 28.7 Å². The highest BCUT2D eigenvalue weighted by Crippen LogP contribution is 2.18. The summed E-state index contributed by atoms with van der Waals surface area (Å²) in [7, 11) is 1.45. The quantitative estimate of drug-likeness (QED) is 0.751. The summed E-state index contributed by atoms with van der Waals surface area (Å²) in [4.78, 5) is 13.8. The van der Waals surface area contributed by atoms with Gasteiger partial charge in [0.25, 0.3) is 0 Å². The van der Waals surface area contributed by atoms with Crippen molar-refractivity contribution in [3.8, 4) is 0 Å². The topological polar surface area (TPSA) is 41.6 Å². The first kappa shape index (κ1) is 17.4. The molecule has 0 spiro atoms. The number of carbonyl (C=O) groups is 1. The van der Waals surface area contributed by atoms with Gasteiger partial charge in [-0.1, -0.05) is 28.1 Å². The van der Waals surface area contributed by atoms with Crippen LogP contribution < -0.4 is 5.32 Å². The van der Waals surface area contributed by atoms with Crippen molar-refractivity contribution in [2.45, 2.75) is 25.8 Å². The van der Waals surface area contributed by atoms with Gasteiger partial charge in [0.15, 0.2) is 0 Å². The van der Waals surface area contributed by atoms with E-state index in [4.69, 9.17) is 4.74 Å². The molecule has 0 aromatic heterocycles. The lowest BCUT2D eigenvalue weighted by Gasteiger charge is -2.30. The van der Waals surface area contributed by atoms with E-state index in [1.54, 1.807) is 0 Å². The SMILES string of the molecule is COC(=O)CCN(Cc1cccc(Br)c1)CC1CCNCC1. The third kappa shape index (κ3) is 6.07. The minimum atomic E-state index is -0.135. The molecule has 0 atom stereocenters. The normalized spacial score (nSPS) is 16.0. The summed E-state index contributed by atoms with van der Waals surface area (Å²) >= 11 is 3.52. The molecule has 1 aromatic rings. The van der Waals surface area contributed by atoms with Crippen LogP contribution in [0.2, 0.25) is 0 Å².